The van der Waals surface area contributed by atoms with Gasteiger partial charge in [0.15, 0.2) is 0 Å². The number of carboxylic acid groups (broad SMARTS) is 1. The molecule has 0 spiro atoms. The summed E-state index contributed by atoms with van der Waals surface area (Å²) in [6, 6.07) is 3.06. The fraction of sp³-hybridized carbons (Fsp3) is 0.500. The van der Waals surface area contributed by atoms with Crippen molar-refractivity contribution < 1.29 is 29.1 Å². The molecule has 0 aliphatic carbocycles. The van der Waals surface area contributed by atoms with Gasteiger partial charge in [-0.15, -0.1) is 0 Å². The molecule has 4 amide bonds. The van der Waals surface area contributed by atoms with Crippen LogP contribution in [0.3, 0.4) is 0 Å². The van der Waals surface area contributed by atoms with Crippen LogP contribution < -0.4 is 27.4 Å². The molecule has 12 nitrogen and oxygen atoms in total. The molecule has 1 aromatic heterocycles. The van der Waals surface area contributed by atoms with Crippen LogP contribution in [0.15, 0.2) is 30.5 Å². The van der Waals surface area contributed by atoms with Gasteiger partial charge in [-0.25, -0.2) is 4.79 Å². The molecule has 0 fully saturated rings. The number of nitrogens with one attached hydrogen (secondary N) is 4. The molecular weight excluding hydrogens is 492 g/mol. The van der Waals surface area contributed by atoms with Crippen LogP contribution in [0.25, 0.3) is 10.9 Å². The Morgan fingerprint density at radius 1 is 0.947 bits per heavy atom. The molecule has 2 aromatic rings. The third kappa shape index (κ3) is 8.04. The van der Waals surface area contributed by atoms with Gasteiger partial charge in [-0.05, 0) is 29.9 Å². The molecule has 0 saturated heterocycles. The molecule has 0 saturated carbocycles. The number of para-hydroxylation sites is 1. The van der Waals surface area contributed by atoms with E-state index in [0.29, 0.717) is 6.42 Å². The number of hydrogen-bond acceptors (Lipinski definition) is 6. The monoisotopic (exact) mass is 530 g/mol. The molecule has 0 aliphatic heterocycles. The molecule has 2 rings (SSSR count). The highest BCUT2D eigenvalue weighted by atomic mass is 16.4. The lowest BCUT2D eigenvalue weighted by Gasteiger charge is -2.29. The van der Waals surface area contributed by atoms with Gasteiger partial charge in [-0.1, -0.05) is 52.3 Å². The van der Waals surface area contributed by atoms with E-state index in [9.17, 15) is 29.1 Å². The molecule has 0 radical (unpaired) electrons. The van der Waals surface area contributed by atoms with Gasteiger partial charge in [-0.3, -0.25) is 19.2 Å². The number of aromatic amines is 1. The maximum atomic E-state index is 13.3. The number of benzene rings is 1. The Labute approximate surface area is 221 Å². The number of carboxylic acids is 1. The first-order valence-corrected chi connectivity index (χ1v) is 12.6. The van der Waals surface area contributed by atoms with Gasteiger partial charge in [0.1, 0.15) is 18.1 Å². The largest absolute Gasteiger partial charge is 0.480 e. The van der Waals surface area contributed by atoms with E-state index >= 15 is 0 Å². The Kier molecular flexibility index (Phi) is 10.8. The molecule has 0 bridgehead atoms. The van der Waals surface area contributed by atoms with Crippen LogP contribution in [-0.2, 0) is 30.4 Å². The number of H-pyrrole nitrogens is 1. The SMILES string of the molecule is CCC(C)C(NC(=O)C(N)Cc1c[nH]c2ccccc12)C(=O)NC(C(=O)NC(CC(N)=O)C(=O)O)C(C)C. The summed E-state index contributed by atoms with van der Waals surface area (Å²) in [6.45, 7) is 6.98. The first kappa shape index (κ1) is 30.3. The molecule has 5 atom stereocenters. The Morgan fingerprint density at radius 3 is 2.13 bits per heavy atom. The van der Waals surface area contributed by atoms with E-state index in [1.165, 1.54) is 0 Å². The standard InChI is InChI=1S/C26H38N6O6/c1-5-14(4)22(32-23(34)17(27)10-15-12-29-18-9-7-6-8-16(15)18)25(36)31-21(13(2)3)24(35)30-19(26(37)38)11-20(28)33/h6-9,12-14,17,19,21-22,29H,5,10-11,27H2,1-4H3,(H2,28,33)(H,30,35)(H,31,36)(H,32,34)(H,37,38). The molecule has 9 N–H and O–H groups in total. The van der Waals surface area contributed by atoms with Crippen LogP contribution in [0.4, 0.5) is 0 Å². The van der Waals surface area contributed by atoms with E-state index in [4.69, 9.17) is 11.5 Å². The second-order valence-corrected chi connectivity index (χ2v) is 9.84. The summed E-state index contributed by atoms with van der Waals surface area (Å²) in [6.07, 6.45) is 2.00. The Balaban J connectivity index is 2.13. The van der Waals surface area contributed by atoms with E-state index in [1.54, 1.807) is 27.0 Å². The molecule has 12 heteroatoms. The number of nitrogens with two attached hydrogens (primary N) is 2. The zero-order chi connectivity index (χ0) is 28.6. The average molecular weight is 531 g/mol. The number of hydrogen-bond donors (Lipinski definition) is 7. The zero-order valence-corrected chi connectivity index (χ0v) is 22.1. The van der Waals surface area contributed by atoms with Crippen LogP contribution in [0.5, 0.6) is 0 Å². The minimum absolute atomic E-state index is 0.248. The van der Waals surface area contributed by atoms with Gasteiger partial charge in [0.05, 0.1) is 12.5 Å². The highest BCUT2D eigenvalue weighted by Gasteiger charge is 2.34. The van der Waals surface area contributed by atoms with Crippen molar-refractivity contribution in [3.63, 3.8) is 0 Å². The number of aliphatic carboxylic acids is 1. The normalized spacial score (nSPS) is 15.2. The fourth-order valence-electron chi connectivity index (χ4n) is 4.03. The summed E-state index contributed by atoms with van der Waals surface area (Å²) in [7, 11) is 0. The summed E-state index contributed by atoms with van der Waals surface area (Å²) >= 11 is 0. The van der Waals surface area contributed by atoms with Crippen LogP contribution in [0.1, 0.15) is 46.1 Å². The minimum Gasteiger partial charge on any atom is -0.480 e. The predicted octanol–water partition coefficient (Wildman–Crippen LogP) is 0.154. The maximum absolute atomic E-state index is 13.3. The number of amides is 4. The van der Waals surface area contributed by atoms with Gasteiger partial charge in [0.25, 0.3) is 0 Å². The Morgan fingerprint density at radius 2 is 1.55 bits per heavy atom. The molecule has 1 aromatic carbocycles. The first-order chi connectivity index (χ1) is 17.8. The Bertz CT molecular complexity index is 1160. The highest BCUT2D eigenvalue weighted by molar-refractivity contribution is 5.95. The van der Waals surface area contributed by atoms with E-state index in [1.807, 2.05) is 31.2 Å². The van der Waals surface area contributed by atoms with E-state index in [0.717, 1.165) is 16.5 Å². The summed E-state index contributed by atoms with van der Waals surface area (Å²) in [5, 5.41) is 17.8. The lowest BCUT2D eigenvalue weighted by molar-refractivity contribution is -0.144. The second-order valence-electron chi connectivity index (χ2n) is 9.84. The van der Waals surface area contributed by atoms with Crippen molar-refractivity contribution >= 4 is 40.5 Å². The average Bonchev–Trinajstić information content (AvgIpc) is 3.26. The van der Waals surface area contributed by atoms with Crippen LogP contribution >= 0.6 is 0 Å². The van der Waals surface area contributed by atoms with Crippen molar-refractivity contribution in [2.75, 3.05) is 0 Å². The van der Waals surface area contributed by atoms with Crippen molar-refractivity contribution in [1.29, 1.82) is 0 Å². The topological polar surface area (TPSA) is 209 Å². The number of fused-ring (bicyclic) bond motifs is 1. The lowest BCUT2D eigenvalue weighted by Crippen LogP contribution is -2.60. The van der Waals surface area contributed by atoms with Gasteiger partial charge < -0.3 is 37.5 Å². The molecular formula is C26H38N6O6. The maximum Gasteiger partial charge on any atom is 0.326 e. The second kappa shape index (κ2) is 13.6. The molecule has 1 heterocycles. The molecule has 0 aliphatic rings. The van der Waals surface area contributed by atoms with Gasteiger partial charge in [0, 0.05) is 17.1 Å². The lowest BCUT2D eigenvalue weighted by atomic mass is 9.95. The summed E-state index contributed by atoms with van der Waals surface area (Å²) in [4.78, 5) is 64.9. The fourth-order valence-corrected chi connectivity index (χ4v) is 4.03. The third-order valence-corrected chi connectivity index (χ3v) is 6.51. The smallest absolute Gasteiger partial charge is 0.326 e. The zero-order valence-electron chi connectivity index (χ0n) is 22.1. The van der Waals surface area contributed by atoms with Gasteiger partial charge in [-0.2, -0.15) is 0 Å². The molecule has 5 unspecified atom stereocenters. The number of carbonyl (C=O) groups excluding carboxylic acids is 4. The van der Waals surface area contributed by atoms with Crippen molar-refractivity contribution in [3.05, 3.63) is 36.0 Å². The van der Waals surface area contributed by atoms with E-state index < -0.39 is 66.1 Å². The summed E-state index contributed by atoms with van der Waals surface area (Å²) in [5.74, 6) is -4.97. The Hall–Kier alpha value is -3.93. The summed E-state index contributed by atoms with van der Waals surface area (Å²) < 4.78 is 0. The van der Waals surface area contributed by atoms with Crippen molar-refractivity contribution in [2.24, 2.45) is 23.3 Å². The van der Waals surface area contributed by atoms with Crippen LogP contribution in [-0.4, -0.2) is 63.9 Å². The van der Waals surface area contributed by atoms with Crippen LogP contribution in [0, 0.1) is 11.8 Å². The number of rotatable bonds is 14. The predicted molar refractivity (Wildman–Crippen MR) is 142 cm³/mol. The number of aromatic nitrogens is 1. The molecule has 38 heavy (non-hydrogen) atoms. The van der Waals surface area contributed by atoms with E-state index in [-0.39, 0.29) is 12.3 Å². The van der Waals surface area contributed by atoms with Gasteiger partial charge in [0.2, 0.25) is 23.6 Å². The first-order valence-electron chi connectivity index (χ1n) is 12.6. The van der Waals surface area contributed by atoms with Crippen molar-refractivity contribution in [1.82, 2.24) is 20.9 Å². The van der Waals surface area contributed by atoms with Crippen molar-refractivity contribution in [2.45, 2.75) is 71.1 Å². The van der Waals surface area contributed by atoms with Crippen LogP contribution in [0.2, 0.25) is 0 Å². The summed E-state index contributed by atoms with van der Waals surface area (Å²) in [5.41, 5.74) is 13.1. The quantitative estimate of drug-likeness (QED) is 0.180. The van der Waals surface area contributed by atoms with Crippen molar-refractivity contribution in [3.8, 4) is 0 Å². The van der Waals surface area contributed by atoms with Gasteiger partial charge >= 0.3 is 5.97 Å². The highest BCUT2D eigenvalue weighted by Crippen LogP contribution is 2.19. The number of primary amides is 1. The molecule has 208 valence electrons. The number of carbonyl (C=O) groups is 5. The van der Waals surface area contributed by atoms with E-state index in [2.05, 4.69) is 20.9 Å². The minimum atomic E-state index is -1.54. The third-order valence-electron chi connectivity index (χ3n) is 6.51.